The van der Waals surface area contributed by atoms with E-state index in [1.807, 2.05) is 48.5 Å². The minimum atomic E-state index is -0.0342. The summed E-state index contributed by atoms with van der Waals surface area (Å²) in [5.41, 5.74) is 2.94. The Hall–Kier alpha value is -2.33. The van der Waals surface area contributed by atoms with Crippen molar-refractivity contribution < 1.29 is 4.79 Å². The van der Waals surface area contributed by atoms with Crippen molar-refractivity contribution in [3.8, 4) is 0 Å². The van der Waals surface area contributed by atoms with Crippen molar-refractivity contribution >= 4 is 34.5 Å². The van der Waals surface area contributed by atoms with Crippen LogP contribution >= 0.6 is 11.6 Å². The Kier molecular flexibility index (Phi) is 4.39. The van der Waals surface area contributed by atoms with Gasteiger partial charge >= 0.3 is 0 Å². The van der Waals surface area contributed by atoms with E-state index < -0.39 is 0 Å². The first kappa shape index (κ1) is 14.6. The Labute approximate surface area is 133 Å². The van der Waals surface area contributed by atoms with Crippen LogP contribution in [0.15, 0.2) is 48.5 Å². The molecule has 0 spiro atoms. The Morgan fingerprint density at radius 3 is 2.68 bits per heavy atom. The molecule has 0 radical (unpaired) electrons. The number of carbonyl (C=O) groups excluding carboxylic acids is 1. The SMILES string of the molecule is O=C(CCCc1ccc(Cl)cc1)Nc1nc2ccccc2[nH]1. The zero-order valence-electron chi connectivity index (χ0n) is 12.0. The first-order chi connectivity index (χ1) is 10.7. The number of carbonyl (C=O) groups is 1. The van der Waals surface area contributed by atoms with Gasteiger partial charge in [0.05, 0.1) is 11.0 Å². The molecule has 2 aromatic carbocycles. The van der Waals surface area contributed by atoms with Crippen molar-refractivity contribution in [1.82, 2.24) is 9.97 Å². The van der Waals surface area contributed by atoms with E-state index in [4.69, 9.17) is 11.6 Å². The van der Waals surface area contributed by atoms with Gasteiger partial charge in [0.2, 0.25) is 11.9 Å². The number of rotatable bonds is 5. The molecule has 1 amide bonds. The molecule has 3 aromatic rings. The highest BCUT2D eigenvalue weighted by Crippen LogP contribution is 2.14. The van der Waals surface area contributed by atoms with Gasteiger partial charge in [-0.3, -0.25) is 10.1 Å². The molecule has 1 aromatic heterocycles. The number of nitrogens with zero attached hydrogens (tertiary/aromatic N) is 1. The maximum atomic E-state index is 11.9. The first-order valence-electron chi connectivity index (χ1n) is 7.20. The number of aromatic amines is 1. The minimum Gasteiger partial charge on any atom is -0.324 e. The van der Waals surface area contributed by atoms with Crippen LogP contribution in [0.25, 0.3) is 11.0 Å². The fourth-order valence-corrected chi connectivity index (χ4v) is 2.44. The van der Waals surface area contributed by atoms with Crippen molar-refractivity contribution in [3.63, 3.8) is 0 Å². The van der Waals surface area contributed by atoms with Gasteiger partial charge in [0.1, 0.15) is 0 Å². The molecule has 0 saturated carbocycles. The smallest absolute Gasteiger partial charge is 0.226 e. The molecule has 0 aliphatic rings. The molecule has 5 heteroatoms. The van der Waals surface area contributed by atoms with Crippen LogP contribution in [0.5, 0.6) is 0 Å². The van der Waals surface area contributed by atoms with E-state index in [1.54, 1.807) is 0 Å². The van der Waals surface area contributed by atoms with Crippen LogP contribution in [-0.4, -0.2) is 15.9 Å². The van der Waals surface area contributed by atoms with Crippen LogP contribution in [0.4, 0.5) is 5.95 Å². The van der Waals surface area contributed by atoms with E-state index in [0.29, 0.717) is 12.4 Å². The van der Waals surface area contributed by atoms with Gasteiger partial charge in [-0.25, -0.2) is 4.98 Å². The molecule has 0 saturated heterocycles. The molecular weight excluding hydrogens is 298 g/mol. The summed E-state index contributed by atoms with van der Waals surface area (Å²) in [7, 11) is 0. The molecule has 0 bridgehead atoms. The topological polar surface area (TPSA) is 57.8 Å². The van der Waals surface area contributed by atoms with Crippen LogP contribution in [0, 0.1) is 0 Å². The Morgan fingerprint density at radius 2 is 1.91 bits per heavy atom. The van der Waals surface area contributed by atoms with Gasteiger partial charge in [0, 0.05) is 11.4 Å². The van der Waals surface area contributed by atoms with Gasteiger partial charge in [-0.1, -0.05) is 35.9 Å². The number of amides is 1. The summed E-state index contributed by atoms with van der Waals surface area (Å²) in [5, 5.41) is 3.53. The number of hydrogen-bond acceptors (Lipinski definition) is 2. The molecule has 22 heavy (non-hydrogen) atoms. The average molecular weight is 314 g/mol. The van der Waals surface area contributed by atoms with Crippen molar-refractivity contribution in [1.29, 1.82) is 0 Å². The molecule has 112 valence electrons. The Balaban J connectivity index is 1.50. The maximum Gasteiger partial charge on any atom is 0.226 e. The monoisotopic (exact) mass is 313 g/mol. The largest absolute Gasteiger partial charge is 0.324 e. The summed E-state index contributed by atoms with van der Waals surface area (Å²) in [6.45, 7) is 0. The van der Waals surface area contributed by atoms with Crippen molar-refractivity contribution in [3.05, 3.63) is 59.1 Å². The second-order valence-electron chi connectivity index (χ2n) is 5.13. The van der Waals surface area contributed by atoms with E-state index in [1.165, 1.54) is 5.56 Å². The van der Waals surface area contributed by atoms with Crippen LogP contribution in [0.1, 0.15) is 18.4 Å². The summed E-state index contributed by atoms with van der Waals surface area (Å²) < 4.78 is 0. The van der Waals surface area contributed by atoms with Gasteiger partial charge < -0.3 is 4.98 Å². The number of para-hydroxylation sites is 2. The van der Waals surface area contributed by atoms with Crippen LogP contribution in [0.2, 0.25) is 5.02 Å². The second-order valence-corrected chi connectivity index (χ2v) is 5.57. The molecule has 0 unspecified atom stereocenters. The highest BCUT2D eigenvalue weighted by molar-refractivity contribution is 6.30. The van der Waals surface area contributed by atoms with E-state index in [-0.39, 0.29) is 5.91 Å². The fraction of sp³-hybridized carbons (Fsp3) is 0.176. The molecule has 1 heterocycles. The van der Waals surface area contributed by atoms with Gasteiger partial charge in [-0.05, 0) is 42.7 Å². The molecule has 0 aliphatic carbocycles. The van der Waals surface area contributed by atoms with Gasteiger partial charge in [0.15, 0.2) is 0 Å². The van der Waals surface area contributed by atoms with Gasteiger partial charge in [-0.15, -0.1) is 0 Å². The van der Waals surface area contributed by atoms with Crippen LogP contribution < -0.4 is 5.32 Å². The molecule has 0 fully saturated rings. The van der Waals surface area contributed by atoms with Crippen LogP contribution in [0.3, 0.4) is 0 Å². The zero-order valence-corrected chi connectivity index (χ0v) is 12.7. The van der Waals surface area contributed by atoms with Gasteiger partial charge in [-0.2, -0.15) is 0 Å². The number of nitrogens with one attached hydrogen (secondary N) is 2. The van der Waals surface area contributed by atoms with E-state index in [9.17, 15) is 4.79 Å². The lowest BCUT2D eigenvalue weighted by molar-refractivity contribution is -0.116. The summed E-state index contributed by atoms with van der Waals surface area (Å²) in [6, 6.07) is 15.4. The standard InChI is InChI=1S/C17H16ClN3O/c18-13-10-8-12(9-11-13)4-3-7-16(22)21-17-19-14-5-1-2-6-15(14)20-17/h1-2,5-6,8-11H,3-4,7H2,(H2,19,20,21,22). The highest BCUT2D eigenvalue weighted by Gasteiger charge is 2.06. The number of aromatic nitrogens is 2. The molecule has 4 nitrogen and oxygen atoms in total. The maximum absolute atomic E-state index is 11.9. The Morgan fingerprint density at radius 1 is 1.14 bits per heavy atom. The summed E-state index contributed by atoms with van der Waals surface area (Å²) >= 11 is 5.85. The molecular formula is C17H16ClN3O. The number of aryl methyl sites for hydroxylation is 1. The Bertz CT molecular complexity index is 747. The third-order valence-corrected chi connectivity index (χ3v) is 3.68. The normalized spacial score (nSPS) is 10.8. The van der Waals surface area contributed by atoms with E-state index in [0.717, 1.165) is 28.9 Å². The number of fused-ring (bicyclic) bond motifs is 1. The van der Waals surface area contributed by atoms with Crippen LogP contribution in [-0.2, 0) is 11.2 Å². The van der Waals surface area contributed by atoms with Crippen molar-refractivity contribution in [2.75, 3.05) is 5.32 Å². The molecule has 2 N–H and O–H groups in total. The average Bonchev–Trinajstić information content (AvgIpc) is 2.91. The third kappa shape index (κ3) is 3.65. The lowest BCUT2D eigenvalue weighted by Crippen LogP contribution is -2.12. The number of hydrogen-bond donors (Lipinski definition) is 2. The summed E-state index contributed by atoms with van der Waals surface area (Å²) in [5.74, 6) is 0.464. The van der Waals surface area contributed by atoms with E-state index in [2.05, 4.69) is 15.3 Å². The number of halogens is 1. The van der Waals surface area contributed by atoms with Gasteiger partial charge in [0.25, 0.3) is 0 Å². The zero-order chi connectivity index (χ0) is 15.4. The van der Waals surface area contributed by atoms with Crippen molar-refractivity contribution in [2.45, 2.75) is 19.3 Å². The second kappa shape index (κ2) is 6.62. The molecule has 3 rings (SSSR count). The fourth-order valence-electron chi connectivity index (χ4n) is 2.31. The van der Waals surface area contributed by atoms with Crippen molar-refractivity contribution in [2.24, 2.45) is 0 Å². The quantitative estimate of drug-likeness (QED) is 0.742. The minimum absolute atomic E-state index is 0.0342. The predicted octanol–water partition coefficient (Wildman–Crippen LogP) is 4.18. The highest BCUT2D eigenvalue weighted by atomic mass is 35.5. The number of imidazole rings is 1. The number of anilines is 1. The lowest BCUT2D eigenvalue weighted by Gasteiger charge is -2.03. The summed E-state index contributed by atoms with van der Waals surface area (Å²) in [4.78, 5) is 19.4. The summed E-state index contributed by atoms with van der Waals surface area (Å²) in [6.07, 6.45) is 2.10. The predicted molar refractivity (Wildman–Crippen MR) is 89.1 cm³/mol. The van der Waals surface area contributed by atoms with E-state index >= 15 is 0 Å². The number of benzene rings is 2. The number of H-pyrrole nitrogens is 1. The first-order valence-corrected chi connectivity index (χ1v) is 7.57. The molecule has 0 atom stereocenters. The third-order valence-electron chi connectivity index (χ3n) is 3.43. The molecule has 0 aliphatic heterocycles. The lowest BCUT2D eigenvalue weighted by atomic mass is 10.1.